The van der Waals surface area contributed by atoms with Gasteiger partial charge in [-0.3, -0.25) is 4.99 Å². The molecule has 5 nitrogen and oxygen atoms in total. The van der Waals surface area contributed by atoms with E-state index in [0.29, 0.717) is 6.54 Å². The van der Waals surface area contributed by atoms with Crippen LogP contribution in [0.1, 0.15) is 0 Å². The molecule has 0 rings (SSSR count). The van der Waals surface area contributed by atoms with Crippen molar-refractivity contribution in [1.29, 1.82) is 0 Å². The van der Waals surface area contributed by atoms with Crippen molar-refractivity contribution in [3.05, 3.63) is 0 Å². The van der Waals surface area contributed by atoms with E-state index in [-0.39, 0.29) is 6.54 Å². The Morgan fingerprint density at radius 1 is 1.67 bits per heavy atom. The minimum atomic E-state index is -4.03. The molecule has 3 N–H and O–H groups in total. The zero-order valence-electron chi connectivity index (χ0n) is 4.82. The zero-order valence-corrected chi connectivity index (χ0v) is 5.71. The second kappa shape index (κ2) is 3.74. The lowest BCUT2D eigenvalue weighted by atomic mass is 10.7. The zero-order chi connectivity index (χ0) is 7.33. The van der Waals surface area contributed by atoms with Crippen LogP contribution in [-0.4, -0.2) is 29.6 Å². The van der Waals surface area contributed by atoms with E-state index in [1.54, 1.807) is 0 Å². The van der Waals surface area contributed by atoms with Crippen LogP contribution in [0.3, 0.4) is 0 Å². The molecule has 0 atom stereocenters. The van der Waals surface area contributed by atoms with Crippen LogP contribution < -0.4 is 5.09 Å². The first-order chi connectivity index (χ1) is 4.06. The second-order valence-corrected chi connectivity index (χ2v) is 2.80. The third-order valence-electron chi connectivity index (χ3n) is 0.588. The van der Waals surface area contributed by atoms with E-state index >= 15 is 0 Å². The molecular weight excluding hydrogens is 143 g/mol. The number of hydrogen-bond donors (Lipinski definition) is 3. The Morgan fingerprint density at radius 2 is 2.22 bits per heavy atom. The SMILES string of the molecule is C=NCCNP(=O)(O)O. The summed E-state index contributed by atoms with van der Waals surface area (Å²) in [6.07, 6.45) is 0. The van der Waals surface area contributed by atoms with Crippen LogP contribution in [0.15, 0.2) is 4.99 Å². The first kappa shape index (κ1) is 8.78. The molecule has 0 aliphatic heterocycles. The molecule has 0 spiro atoms. The normalized spacial score (nSPS) is 11.3. The highest BCUT2D eigenvalue weighted by Gasteiger charge is 2.08. The summed E-state index contributed by atoms with van der Waals surface area (Å²) >= 11 is 0. The van der Waals surface area contributed by atoms with E-state index < -0.39 is 7.75 Å². The monoisotopic (exact) mass is 152 g/mol. The predicted octanol–water partition coefficient (Wildman–Crippen LogP) is -0.631. The van der Waals surface area contributed by atoms with Gasteiger partial charge in [0.2, 0.25) is 0 Å². The van der Waals surface area contributed by atoms with Crippen LogP contribution >= 0.6 is 7.75 Å². The molecule has 0 aromatic carbocycles. The maximum Gasteiger partial charge on any atom is 0.400 e. The summed E-state index contributed by atoms with van der Waals surface area (Å²) in [5, 5.41) is 1.96. The minimum absolute atomic E-state index is 0.160. The van der Waals surface area contributed by atoms with Gasteiger partial charge in [-0.1, -0.05) is 0 Å². The molecular formula is C3H9N2O3P. The summed E-state index contributed by atoms with van der Waals surface area (Å²) in [5.41, 5.74) is 0. The Kier molecular flexibility index (Phi) is 3.65. The van der Waals surface area contributed by atoms with Gasteiger partial charge in [-0.2, -0.15) is 0 Å². The minimum Gasteiger partial charge on any atom is -0.313 e. The van der Waals surface area contributed by atoms with Gasteiger partial charge in [-0.25, -0.2) is 9.65 Å². The maximum atomic E-state index is 10.0. The molecule has 0 aromatic heterocycles. The molecule has 0 aliphatic carbocycles. The van der Waals surface area contributed by atoms with Gasteiger partial charge in [0, 0.05) is 6.54 Å². The predicted molar refractivity (Wildman–Crippen MR) is 34.5 cm³/mol. The molecule has 0 aliphatic rings. The van der Waals surface area contributed by atoms with E-state index in [0.717, 1.165) is 0 Å². The Morgan fingerprint density at radius 3 is 2.56 bits per heavy atom. The third-order valence-corrected chi connectivity index (χ3v) is 1.22. The fourth-order valence-electron chi connectivity index (χ4n) is 0.275. The van der Waals surface area contributed by atoms with E-state index in [4.69, 9.17) is 9.79 Å². The van der Waals surface area contributed by atoms with Crippen LogP contribution in [0, 0.1) is 0 Å². The van der Waals surface area contributed by atoms with Gasteiger partial charge in [0.05, 0.1) is 6.54 Å². The van der Waals surface area contributed by atoms with Gasteiger partial charge < -0.3 is 9.79 Å². The Hall–Kier alpha value is -0.220. The molecule has 0 fully saturated rings. The average Bonchev–Trinajstić information content (AvgIpc) is 1.63. The van der Waals surface area contributed by atoms with Gasteiger partial charge >= 0.3 is 7.75 Å². The maximum absolute atomic E-state index is 10.0. The molecule has 6 heteroatoms. The topological polar surface area (TPSA) is 81.9 Å². The lowest BCUT2D eigenvalue weighted by molar-refractivity contribution is 0.358. The number of nitrogens with zero attached hydrogens (tertiary/aromatic N) is 1. The number of hydrogen-bond acceptors (Lipinski definition) is 2. The van der Waals surface area contributed by atoms with E-state index in [1.165, 1.54) is 0 Å². The van der Waals surface area contributed by atoms with Gasteiger partial charge in [0.1, 0.15) is 0 Å². The van der Waals surface area contributed by atoms with E-state index in [9.17, 15) is 4.57 Å². The van der Waals surface area contributed by atoms with Crippen LogP contribution in [0.5, 0.6) is 0 Å². The molecule has 0 saturated carbocycles. The Bertz CT molecular complexity index is 131. The van der Waals surface area contributed by atoms with Crippen molar-refractivity contribution in [2.24, 2.45) is 4.99 Å². The molecule has 0 radical (unpaired) electrons. The molecule has 0 saturated heterocycles. The van der Waals surface area contributed by atoms with Crippen LogP contribution in [0.25, 0.3) is 0 Å². The van der Waals surface area contributed by atoms with Crippen LogP contribution in [0.2, 0.25) is 0 Å². The Balaban J connectivity index is 3.28. The molecule has 0 heterocycles. The summed E-state index contributed by atoms with van der Waals surface area (Å²) in [5.74, 6) is 0. The highest BCUT2D eigenvalue weighted by Crippen LogP contribution is 2.26. The summed E-state index contributed by atoms with van der Waals surface area (Å²) in [7, 11) is -4.03. The number of nitrogens with one attached hydrogen (secondary N) is 1. The van der Waals surface area contributed by atoms with Crippen LogP contribution in [0.4, 0.5) is 0 Å². The smallest absolute Gasteiger partial charge is 0.313 e. The fraction of sp³-hybridized carbons (Fsp3) is 0.667. The van der Waals surface area contributed by atoms with Gasteiger partial charge in [0.25, 0.3) is 0 Å². The fourth-order valence-corrected chi connectivity index (χ4v) is 0.666. The van der Waals surface area contributed by atoms with Gasteiger partial charge in [0.15, 0.2) is 0 Å². The highest BCUT2D eigenvalue weighted by molar-refractivity contribution is 7.49. The van der Waals surface area contributed by atoms with Crippen LogP contribution in [-0.2, 0) is 4.57 Å². The molecule has 0 bridgehead atoms. The molecule has 9 heavy (non-hydrogen) atoms. The van der Waals surface area contributed by atoms with Crippen molar-refractivity contribution in [1.82, 2.24) is 5.09 Å². The summed E-state index contributed by atoms with van der Waals surface area (Å²) in [4.78, 5) is 19.7. The second-order valence-electron chi connectivity index (χ2n) is 1.40. The lowest BCUT2D eigenvalue weighted by Crippen LogP contribution is -2.13. The molecule has 0 amide bonds. The quantitative estimate of drug-likeness (QED) is 0.284. The number of rotatable bonds is 4. The molecule has 0 unspecified atom stereocenters. The molecule has 0 aromatic rings. The van der Waals surface area contributed by atoms with Crippen molar-refractivity contribution in [2.45, 2.75) is 0 Å². The highest BCUT2D eigenvalue weighted by atomic mass is 31.2. The third kappa shape index (κ3) is 7.78. The van der Waals surface area contributed by atoms with Crippen molar-refractivity contribution < 1.29 is 14.4 Å². The lowest BCUT2D eigenvalue weighted by Gasteiger charge is -2.02. The summed E-state index contributed by atoms with van der Waals surface area (Å²) in [6, 6.07) is 0. The van der Waals surface area contributed by atoms with Crippen molar-refractivity contribution in [3.63, 3.8) is 0 Å². The van der Waals surface area contributed by atoms with Gasteiger partial charge in [-0.15, -0.1) is 0 Å². The number of aliphatic imine (C=N–C) groups is 1. The van der Waals surface area contributed by atoms with E-state index in [2.05, 4.69) is 11.7 Å². The first-order valence-corrected chi connectivity index (χ1v) is 3.90. The Labute approximate surface area is 53.0 Å². The standard InChI is InChI=1S/C3H9N2O3P/c1-4-2-3-5-9(6,7)8/h1-3H2,(H3,5,6,7,8). The van der Waals surface area contributed by atoms with Gasteiger partial charge in [-0.05, 0) is 6.72 Å². The van der Waals surface area contributed by atoms with Crippen molar-refractivity contribution in [2.75, 3.05) is 13.1 Å². The first-order valence-electron chi connectivity index (χ1n) is 2.29. The molecule has 54 valence electrons. The van der Waals surface area contributed by atoms with E-state index in [1.807, 2.05) is 5.09 Å². The summed E-state index contributed by atoms with van der Waals surface area (Å²) < 4.78 is 10.0. The van der Waals surface area contributed by atoms with Crippen molar-refractivity contribution >= 4 is 14.5 Å². The average molecular weight is 152 g/mol. The largest absolute Gasteiger partial charge is 0.400 e. The van der Waals surface area contributed by atoms with Crippen molar-refractivity contribution in [3.8, 4) is 0 Å². The summed E-state index contributed by atoms with van der Waals surface area (Å²) in [6.45, 7) is 3.61.